The zero-order valence-electron chi connectivity index (χ0n) is 11.0. The smallest absolute Gasteiger partial charge is 0.292 e. The average Bonchev–Trinajstić information content (AvgIpc) is 2.29. The summed E-state index contributed by atoms with van der Waals surface area (Å²) < 4.78 is 0. The summed E-state index contributed by atoms with van der Waals surface area (Å²) in [4.78, 5) is 10.6. The van der Waals surface area contributed by atoms with Gasteiger partial charge in [-0.3, -0.25) is 10.1 Å². The lowest BCUT2D eigenvalue weighted by Crippen LogP contribution is -2.26. The number of nitrogens with zero attached hydrogens (tertiary/aromatic N) is 1. The zero-order chi connectivity index (χ0) is 13.7. The first-order valence-electron chi connectivity index (χ1n) is 6.07. The molecule has 0 amide bonds. The molecule has 1 aromatic carbocycles. The molecule has 1 rings (SSSR count). The van der Waals surface area contributed by atoms with Gasteiger partial charge in [-0.05, 0) is 24.8 Å². The van der Waals surface area contributed by atoms with Crippen LogP contribution in [0, 0.1) is 23.0 Å². The third-order valence-corrected chi connectivity index (χ3v) is 2.77. The highest BCUT2D eigenvalue weighted by atomic mass is 16.6. The number of aliphatic hydroxyl groups excluding tert-OH is 1. The van der Waals surface area contributed by atoms with Gasteiger partial charge < -0.3 is 10.4 Å². The van der Waals surface area contributed by atoms with Gasteiger partial charge in [0, 0.05) is 12.1 Å². The molecule has 1 unspecified atom stereocenters. The van der Waals surface area contributed by atoms with Crippen molar-refractivity contribution in [2.75, 3.05) is 11.9 Å². The van der Waals surface area contributed by atoms with Gasteiger partial charge in [0.25, 0.3) is 5.69 Å². The van der Waals surface area contributed by atoms with E-state index in [4.69, 9.17) is 0 Å². The van der Waals surface area contributed by atoms with Crippen LogP contribution in [-0.4, -0.2) is 22.7 Å². The average molecular weight is 252 g/mol. The Hall–Kier alpha value is -1.62. The van der Waals surface area contributed by atoms with E-state index in [1.165, 1.54) is 6.07 Å². The number of benzene rings is 1. The summed E-state index contributed by atoms with van der Waals surface area (Å²) in [5.41, 5.74) is 1.37. The first-order chi connectivity index (χ1) is 8.45. The molecular weight excluding hydrogens is 232 g/mol. The molecule has 0 aliphatic heterocycles. The molecule has 0 fully saturated rings. The van der Waals surface area contributed by atoms with Crippen LogP contribution in [0.4, 0.5) is 11.4 Å². The molecule has 0 radical (unpaired) electrons. The molecule has 5 heteroatoms. The van der Waals surface area contributed by atoms with Crippen molar-refractivity contribution in [3.63, 3.8) is 0 Å². The van der Waals surface area contributed by atoms with Gasteiger partial charge >= 0.3 is 0 Å². The van der Waals surface area contributed by atoms with E-state index in [2.05, 4.69) is 19.2 Å². The number of nitro groups is 1. The quantitative estimate of drug-likeness (QED) is 0.603. The summed E-state index contributed by atoms with van der Waals surface area (Å²) >= 11 is 0. The molecule has 0 aliphatic carbocycles. The summed E-state index contributed by atoms with van der Waals surface area (Å²) in [5.74, 6) is 0.415. The molecule has 1 atom stereocenters. The van der Waals surface area contributed by atoms with Crippen LogP contribution in [0.1, 0.15) is 25.8 Å². The first-order valence-corrected chi connectivity index (χ1v) is 6.07. The predicted octanol–water partition coefficient (Wildman–Crippen LogP) is 2.72. The number of hydrogen-bond acceptors (Lipinski definition) is 4. The van der Waals surface area contributed by atoms with Crippen molar-refractivity contribution in [3.8, 4) is 0 Å². The molecule has 0 spiro atoms. The highest BCUT2D eigenvalue weighted by molar-refractivity contribution is 5.66. The Morgan fingerprint density at radius 1 is 1.44 bits per heavy atom. The number of rotatable bonds is 6. The summed E-state index contributed by atoms with van der Waals surface area (Å²) in [5, 5.41) is 23.4. The van der Waals surface area contributed by atoms with E-state index in [-0.39, 0.29) is 18.3 Å². The largest absolute Gasteiger partial charge is 0.394 e. The van der Waals surface area contributed by atoms with Crippen molar-refractivity contribution in [3.05, 3.63) is 33.9 Å². The van der Waals surface area contributed by atoms with Crippen LogP contribution in [0.5, 0.6) is 0 Å². The fraction of sp³-hybridized carbons (Fsp3) is 0.538. The van der Waals surface area contributed by atoms with Crippen molar-refractivity contribution in [1.82, 2.24) is 0 Å². The van der Waals surface area contributed by atoms with Gasteiger partial charge in [0.1, 0.15) is 5.69 Å². The number of aryl methyl sites for hydroxylation is 1. The summed E-state index contributed by atoms with van der Waals surface area (Å²) in [6.07, 6.45) is 0.766. The van der Waals surface area contributed by atoms with E-state index < -0.39 is 4.92 Å². The first kappa shape index (κ1) is 14.4. The molecule has 100 valence electrons. The van der Waals surface area contributed by atoms with Crippen LogP contribution < -0.4 is 5.32 Å². The zero-order valence-corrected chi connectivity index (χ0v) is 11.0. The van der Waals surface area contributed by atoms with E-state index in [0.717, 1.165) is 12.0 Å². The van der Waals surface area contributed by atoms with E-state index in [1.807, 2.05) is 13.0 Å². The van der Waals surface area contributed by atoms with Crippen LogP contribution >= 0.6 is 0 Å². The minimum atomic E-state index is -0.404. The number of nitro benzene ring substituents is 1. The third-order valence-electron chi connectivity index (χ3n) is 2.77. The third kappa shape index (κ3) is 3.70. The molecule has 0 bridgehead atoms. The maximum Gasteiger partial charge on any atom is 0.292 e. The fourth-order valence-corrected chi connectivity index (χ4v) is 1.94. The lowest BCUT2D eigenvalue weighted by atomic mass is 10.0. The minimum absolute atomic E-state index is 0.0380. The SMILES string of the molecule is Cc1cccc([N+](=O)[O-])c1NC(CO)CC(C)C. The molecule has 0 aliphatic rings. The Bertz CT molecular complexity index is 419. The molecule has 0 saturated heterocycles. The second kappa shape index (κ2) is 6.35. The number of para-hydroxylation sites is 1. The van der Waals surface area contributed by atoms with Crippen molar-refractivity contribution in [2.45, 2.75) is 33.2 Å². The van der Waals surface area contributed by atoms with Gasteiger partial charge in [0.2, 0.25) is 0 Å². The van der Waals surface area contributed by atoms with Crippen molar-refractivity contribution >= 4 is 11.4 Å². The summed E-state index contributed by atoms with van der Waals surface area (Å²) in [6.45, 7) is 5.88. The van der Waals surface area contributed by atoms with Crippen LogP contribution in [0.2, 0.25) is 0 Å². The highest BCUT2D eigenvalue weighted by Gasteiger charge is 2.19. The predicted molar refractivity (Wildman–Crippen MR) is 71.8 cm³/mol. The second-order valence-corrected chi connectivity index (χ2v) is 4.88. The van der Waals surface area contributed by atoms with Crippen LogP contribution in [0.25, 0.3) is 0 Å². The maximum atomic E-state index is 11.0. The van der Waals surface area contributed by atoms with Crippen molar-refractivity contribution in [2.24, 2.45) is 5.92 Å². The summed E-state index contributed by atoms with van der Waals surface area (Å²) in [6, 6.07) is 4.79. The molecule has 5 nitrogen and oxygen atoms in total. The standard InChI is InChI=1S/C13H20N2O3/c1-9(2)7-11(8-16)14-13-10(3)5-4-6-12(13)15(17)18/h4-6,9,11,14,16H,7-8H2,1-3H3. The van der Waals surface area contributed by atoms with E-state index in [9.17, 15) is 15.2 Å². The van der Waals surface area contributed by atoms with Gasteiger partial charge in [-0.1, -0.05) is 26.0 Å². The molecule has 0 saturated carbocycles. The van der Waals surface area contributed by atoms with Gasteiger partial charge in [0.05, 0.1) is 11.5 Å². The summed E-state index contributed by atoms with van der Waals surface area (Å²) in [7, 11) is 0. The monoisotopic (exact) mass is 252 g/mol. The second-order valence-electron chi connectivity index (χ2n) is 4.88. The molecule has 0 heterocycles. The van der Waals surface area contributed by atoms with E-state index in [1.54, 1.807) is 6.07 Å². The number of nitrogens with one attached hydrogen (secondary N) is 1. The number of aliphatic hydroxyl groups is 1. The van der Waals surface area contributed by atoms with Gasteiger partial charge in [0.15, 0.2) is 0 Å². The molecule has 2 N–H and O–H groups in total. The lowest BCUT2D eigenvalue weighted by molar-refractivity contribution is -0.384. The maximum absolute atomic E-state index is 11.0. The fourth-order valence-electron chi connectivity index (χ4n) is 1.94. The Morgan fingerprint density at radius 3 is 2.61 bits per heavy atom. The number of hydrogen-bond donors (Lipinski definition) is 2. The van der Waals surface area contributed by atoms with E-state index >= 15 is 0 Å². The molecule has 0 aromatic heterocycles. The highest BCUT2D eigenvalue weighted by Crippen LogP contribution is 2.28. The Balaban J connectivity index is 2.97. The van der Waals surface area contributed by atoms with Crippen LogP contribution in [0.15, 0.2) is 18.2 Å². The van der Waals surface area contributed by atoms with Crippen LogP contribution in [0.3, 0.4) is 0 Å². The molecule has 1 aromatic rings. The van der Waals surface area contributed by atoms with Gasteiger partial charge in [-0.25, -0.2) is 0 Å². The van der Waals surface area contributed by atoms with Crippen molar-refractivity contribution < 1.29 is 10.0 Å². The Morgan fingerprint density at radius 2 is 2.11 bits per heavy atom. The normalized spacial score (nSPS) is 12.5. The molecular formula is C13H20N2O3. The topological polar surface area (TPSA) is 75.4 Å². The van der Waals surface area contributed by atoms with Crippen molar-refractivity contribution in [1.29, 1.82) is 0 Å². The minimum Gasteiger partial charge on any atom is -0.394 e. The van der Waals surface area contributed by atoms with Gasteiger partial charge in [-0.2, -0.15) is 0 Å². The van der Waals surface area contributed by atoms with Crippen LogP contribution in [-0.2, 0) is 0 Å². The van der Waals surface area contributed by atoms with E-state index in [0.29, 0.717) is 11.6 Å². The lowest BCUT2D eigenvalue weighted by Gasteiger charge is -2.20. The number of anilines is 1. The molecule has 18 heavy (non-hydrogen) atoms. The Labute approximate surface area is 107 Å². The Kier molecular flexibility index (Phi) is 5.09. The van der Waals surface area contributed by atoms with Gasteiger partial charge in [-0.15, -0.1) is 0 Å².